The molecule has 0 aliphatic heterocycles. The van der Waals surface area contributed by atoms with Gasteiger partial charge in [0.25, 0.3) is 0 Å². The monoisotopic (exact) mass is 690 g/mol. The fraction of sp³-hybridized carbons (Fsp3) is 0.0323. The highest BCUT2D eigenvalue weighted by Crippen LogP contribution is 2.45. The maximum Gasteiger partial charge on any atom is 0.402 e. The molecule has 0 fully saturated rings. The number of ether oxygens (including phenoxy) is 1. The summed E-state index contributed by atoms with van der Waals surface area (Å²) in [6.07, 6.45) is 0. The van der Waals surface area contributed by atoms with Crippen molar-refractivity contribution in [1.29, 1.82) is 0 Å². The summed E-state index contributed by atoms with van der Waals surface area (Å²) in [4.78, 5) is 0. The zero-order valence-electron chi connectivity index (χ0n) is 23.7. The molecule has 0 unspecified atom stereocenters. The largest absolute Gasteiger partial charge is 1.00 e. The van der Waals surface area contributed by atoms with Crippen molar-refractivity contribution in [3.63, 3.8) is 0 Å². The molecule has 0 aliphatic carbocycles. The minimum Gasteiger partial charge on any atom is -1.00 e. The third kappa shape index (κ3) is 6.78. The van der Waals surface area contributed by atoms with Crippen LogP contribution in [-0.4, -0.2) is 63.3 Å². The number of hydrogen-bond acceptors (Lipinski definition) is 12. The van der Waals surface area contributed by atoms with Crippen LogP contribution in [0.5, 0.6) is 69.0 Å². The number of rotatable bonds is 3. The predicted octanol–water partition coefficient (Wildman–Crippen LogP) is -0.460. The van der Waals surface area contributed by atoms with Crippen LogP contribution in [0.2, 0.25) is 0 Å². The van der Waals surface area contributed by atoms with Crippen LogP contribution in [-0.2, 0) is 0 Å². The van der Waals surface area contributed by atoms with E-state index in [1.165, 1.54) is 43.5 Å². The van der Waals surface area contributed by atoms with E-state index in [9.17, 15) is 56.2 Å². The van der Waals surface area contributed by atoms with Crippen LogP contribution in [0.4, 0.5) is 0 Å². The molecular weight excluding hydrogens is 667 g/mol. The Kier molecular flexibility index (Phi) is 10.1. The maximum absolute atomic E-state index is 10.1. The van der Waals surface area contributed by atoms with Crippen LogP contribution < -0.4 is 29.6 Å². The topological polar surface area (TPSA) is 254 Å². The van der Waals surface area contributed by atoms with E-state index >= 15 is 0 Å². The lowest BCUT2D eigenvalue weighted by Gasteiger charge is -2.06. The second-order valence-electron chi connectivity index (χ2n) is 9.58. The highest BCUT2D eigenvalue weighted by Gasteiger charge is 2.27. The van der Waals surface area contributed by atoms with E-state index in [0.717, 1.165) is 24.3 Å². The second-order valence-corrected chi connectivity index (χ2v) is 9.58. The first-order chi connectivity index (χ1) is 21.3. The van der Waals surface area contributed by atoms with Crippen LogP contribution in [0.3, 0.4) is 0 Å². The first kappa shape index (κ1) is 35.4. The summed E-state index contributed by atoms with van der Waals surface area (Å²) in [5, 5.41) is 107. The SMILES string of the molecule is COc1cc(-c2[o+]c3cc(O)cc(O)c3cc2O)cc(O)c1O.Oc1cc(O)c2cc(O)c(-c3cc(O)c(O)c(O)c3)[o+]c2c1.[Cl-].[Cl-]. The second kappa shape index (κ2) is 13.5. The molecule has 0 spiro atoms. The Morgan fingerprint density at radius 1 is 0.426 bits per heavy atom. The molecule has 0 bridgehead atoms. The van der Waals surface area contributed by atoms with Gasteiger partial charge in [-0.3, -0.25) is 0 Å². The van der Waals surface area contributed by atoms with E-state index in [1.807, 2.05) is 0 Å². The molecule has 11 N–H and O–H groups in total. The summed E-state index contributed by atoms with van der Waals surface area (Å²) in [5.74, 6) is -4.57. The first-order valence-electron chi connectivity index (χ1n) is 12.7. The molecule has 2 aromatic heterocycles. The molecule has 0 saturated carbocycles. The Balaban J connectivity index is 0.000000245. The van der Waals surface area contributed by atoms with Gasteiger partial charge in [-0.1, -0.05) is 0 Å². The van der Waals surface area contributed by atoms with Crippen molar-refractivity contribution in [3.8, 4) is 91.6 Å². The molecule has 0 atom stereocenters. The molecule has 16 heteroatoms. The fourth-order valence-electron chi connectivity index (χ4n) is 4.41. The standard InChI is InChI=1S/C16H12O7.C15H10O7.2ClH/c1-22-14-3-7(2-11(19)15(14)21)16-12(20)6-9-10(18)4-8(17)5-13(9)23-16;16-7-3-9(17)8-5-12(20)15(22-13(8)4-7)6-1-10(18)14(21)11(19)2-6;;/h2-6H,1H3,(H4-,17,18,19,20,21);1-5H,(H5-,16,17,18,19,20,21);2*1H. The zero-order chi connectivity index (χ0) is 32.7. The van der Waals surface area contributed by atoms with Crippen LogP contribution in [0.25, 0.3) is 44.6 Å². The highest BCUT2D eigenvalue weighted by molar-refractivity contribution is 5.89. The summed E-state index contributed by atoms with van der Waals surface area (Å²) in [6.45, 7) is 0. The molecule has 47 heavy (non-hydrogen) atoms. The molecule has 2 heterocycles. The molecular formula is C31H24Cl2O14. The van der Waals surface area contributed by atoms with Gasteiger partial charge in [-0.25, -0.2) is 8.83 Å². The number of halogens is 2. The van der Waals surface area contributed by atoms with Gasteiger partial charge in [0.1, 0.15) is 33.8 Å². The van der Waals surface area contributed by atoms with Crippen molar-refractivity contribution in [2.24, 2.45) is 0 Å². The lowest BCUT2D eigenvalue weighted by molar-refractivity contribution is -0.00100. The molecule has 4 aromatic carbocycles. The summed E-state index contributed by atoms with van der Waals surface area (Å²) >= 11 is 0. The Hall–Kier alpha value is -6.12. The van der Waals surface area contributed by atoms with Gasteiger partial charge in [0, 0.05) is 48.5 Å². The van der Waals surface area contributed by atoms with Gasteiger partial charge in [-0.05, 0) is 0 Å². The molecule has 0 amide bonds. The Bertz CT molecular complexity index is 2110. The van der Waals surface area contributed by atoms with E-state index in [-0.39, 0.29) is 110 Å². The van der Waals surface area contributed by atoms with Crippen LogP contribution in [0.1, 0.15) is 0 Å². The molecule has 14 nitrogen and oxygen atoms in total. The van der Waals surface area contributed by atoms with Crippen molar-refractivity contribution in [2.45, 2.75) is 0 Å². The Morgan fingerprint density at radius 3 is 1.21 bits per heavy atom. The highest BCUT2D eigenvalue weighted by atomic mass is 35.5. The average molecular weight is 691 g/mol. The molecule has 0 radical (unpaired) electrons. The molecule has 6 aromatic rings. The zero-order valence-corrected chi connectivity index (χ0v) is 25.2. The van der Waals surface area contributed by atoms with Gasteiger partial charge < -0.3 is 85.7 Å². The van der Waals surface area contributed by atoms with Gasteiger partial charge in [0.15, 0.2) is 28.7 Å². The van der Waals surface area contributed by atoms with Crippen LogP contribution in [0, 0.1) is 0 Å². The van der Waals surface area contributed by atoms with Crippen molar-refractivity contribution >= 4 is 21.9 Å². The minimum absolute atomic E-state index is 0. The number of aromatic hydroxyl groups is 11. The molecule has 246 valence electrons. The predicted molar refractivity (Wildman–Crippen MR) is 157 cm³/mol. The van der Waals surface area contributed by atoms with E-state index in [1.54, 1.807) is 0 Å². The normalized spacial score (nSPS) is 10.4. The van der Waals surface area contributed by atoms with Crippen molar-refractivity contribution in [1.82, 2.24) is 0 Å². The lowest BCUT2D eigenvalue weighted by Crippen LogP contribution is -3.00. The Labute approximate surface area is 275 Å². The number of phenolic OH excluding ortho intramolecular Hbond substituents is 9. The van der Waals surface area contributed by atoms with Gasteiger partial charge in [0.2, 0.25) is 17.2 Å². The van der Waals surface area contributed by atoms with Crippen LogP contribution >= 0.6 is 0 Å². The lowest BCUT2D eigenvalue weighted by atomic mass is 10.1. The summed E-state index contributed by atoms with van der Waals surface area (Å²) in [6, 6.07) is 11.9. The number of fused-ring (bicyclic) bond motifs is 2. The van der Waals surface area contributed by atoms with Crippen molar-refractivity contribution in [3.05, 3.63) is 60.7 Å². The van der Waals surface area contributed by atoms with Gasteiger partial charge in [0.05, 0.1) is 30.4 Å². The maximum atomic E-state index is 10.1. The third-order valence-electron chi connectivity index (χ3n) is 6.53. The quantitative estimate of drug-likeness (QED) is 0.0830. The van der Waals surface area contributed by atoms with E-state index in [4.69, 9.17) is 13.6 Å². The first-order valence-corrected chi connectivity index (χ1v) is 12.7. The molecule has 6 rings (SSSR count). The van der Waals surface area contributed by atoms with E-state index in [0.29, 0.717) is 0 Å². The molecule has 0 saturated heterocycles. The third-order valence-corrected chi connectivity index (χ3v) is 6.53. The smallest absolute Gasteiger partial charge is 0.402 e. The van der Waals surface area contributed by atoms with Crippen molar-refractivity contribution < 1.29 is 94.6 Å². The number of methoxy groups -OCH3 is 1. The number of phenols is 9. The summed E-state index contributed by atoms with van der Waals surface area (Å²) in [7, 11) is 1.31. The Morgan fingerprint density at radius 2 is 0.809 bits per heavy atom. The minimum atomic E-state index is -0.695. The van der Waals surface area contributed by atoms with E-state index in [2.05, 4.69) is 0 Å². The summed E-state index contributed by atoms with van der Waals surface area (Å²) in [5.41, 5.74) is 0.536. The number of benzene rings is 4. The molecule has 0 aliphatic rings. The average Bonchev–Trinajstić information content (AvgIpc) is 2.97. The van der Waals surface area contributed by atoms with Gasteiger partial charge in [-0.15, -0.1) is 0 Å². The fourth-order valence-corrected chi connectivity index (χ4v) is 4.41. The van der Waals surface area contributed by atoms with Gasteiger partial charge >= 0.3 is 22.7 Å². The van der Waals surface area contributed by atoms with Crippen molar-refractivity contribution in [2.75, 3.05) is 7.11 Å². The number of hydrogen-bond donors (Lipinski definition) is 11. The summed E-state index contributed by atoms with van der Waals surface area (Å²) < 4.78 is 15.9. The van der Waals surface area contributed by atoms with Crippen LogP contribution in [0.15, 0.2) is 69.5 Å². The van der Waals surface area contributed by atoms with E-state index < -0.39 is 28.7 Å². The van der Waals surface area contributed by atoms with Gasteiger partial charge in [-0.2, -0.15) is 0 Å².